The number of carbonyl (C=O) groups excluding carboxylic acids is 1. The van der Waals surface area contributed by atoms with Crippen LogP contribution in [0.4, 0.5) is 8.78 Å². The number of hydrogen-bond donors (Lipinski definition) is 2. The minimum absolute atomic E-state index is 0.0490. The highest BCUT2D eigenvalue weighted by atomic mass is 35.5. The number of nitrogens with zero attached hydrogens (tertiary/aromatic N) is 1. The van der Waals surface area contributed by atoms with Crippen molar-refractivity contribution >= 4 is 28.3 Å². The lowest BCUT2D eigenvalue weighted by atomic mass is 9.82. The number of alkyl halides is 2. The van der Waals surface area contributed by atoms with Crippen LogP contribution in [0.25, 0.3) is 10.8 Å². The number of pyridine rings is 1. The Labute approximate surface area is 166 Å². The zero-order valence-electron chi connectivity index (χ0n) is 15.8. The summed E-state index contributed by atoms with van der Waals surface area (Å²) in [4.78, 5) is 25.4. The first-order valence-electron chi connectivity index (χ1n) is 9.25. The van der Waals surface area contributed by atoms with Crippen molar-refractivity contribution < 1.29 is 18.7 Å². The molecule has 0 radical (unpaired) electrons. The molecule has 1 unspecified atom stereocenters. The van der Waals surface area contributed by atoms with Crippen molar-refractivity contribution in [3.63, 3.8) is 0 Å². The monoisotopic (exact) mass is 412 g/mol. The van der Waals surface area contributed by atoms with Crippen LogP contribution in [0.1, 0.15) is 55.9 Å². The van der Waals surface area contributed by atoms with E-state index in [4.69, 9.17) is 11.6 Å². The number of nitrogens with one attached hydrogen (secondary N) is 1. The second-order valence-corrected chi connectivity index (χ2v) is 8.21. The highest BCUT2D eigenvalue weighted by molar-refractivity contribution is 6.35. The smallest absolute Gasteiger partial charge is 0.258 e. The van der Waals surface area contributed by atoms with E-state index >= 15 is 0 Å². The number of carbonyl (C=O) groups is 1. The predicted molar refractivity (Wildman–Crippen MR) is 104 cm³/mol. The van der Waals surface area contributed by atoms with E-state index in [1.54, 1.807) is 22.9 Å². The second-order valence-electron chi connectivity index (χ2n) is 7.80. The quantitative estimate of drug-likeness (QED) is 0.799. The molecule has 1 amide bonds. The second kappa shape index (κ2) is 7.44. The maximum Gasteiger partial charge on any atom is 0.258 e. The van der Waals surface area contributed by atoms with Gasteiger partial charge in [0.25, 0.3) is 17.4 Å². The summed E-state index contributed by atoms with van der Waals surface area (Å²) in [7, 11) is 0. The van der Waals surface area contributed by atoms with Crippen molar-refractivity contribution in [3.05, 3.63) is 45.3 Å². The Morgan fingerprint density at radius 3 is 2.64 bits per heavy atom. The van der Waals surface area contributed by atoms with Crippen molar-refractivity contribution in [1.29, 1.82) is 0 Å². The molecule has 152 valence electrons. The Hall–Kier alpha value is -1.99. The zero-order valence-corrected chi connectivity index (χ0v) is 16.5. The number of halogens is 3. The average molecular weight is 413 g/mol. The molecule has 1 aromatic carbocycles. The number of benzene rings is 1. The fraction of sp³-hybridized carbons (Fsp3) is 0.500. The molecule has 1 aliphatic rings. The third kappa shape index (κ3) is 4.05. The topological polar surface area (TPSA) is 71.3 Å². The fourth-order valence-electron chi connectivity index (χ4n) is 3.77. The van der Waals surface area contributed by atoms with Crippen molar-refractivity contribution in [3.8, 4) is 0 Å². The predicted octanol–water partition coefficient (Wildman–Crippen LogP) is 3.91. The summed E-state index contributed by atoms with van der Waals surface area (Å²) < 4.78 is 28.8. The van der Waals surface area contributed by atoms with E-state index in [0.29, 0.717) is 10.8 Å². The van der Waals surface area contributed by atoms with Crippen LogP contribution >= 0.6 is 11.6 Å². The van der Waals surface area contributed by atoms with Gasteiger partial charge in [0.1, 0.15) is 0 Å². The van der Waals surface area contributed by atoms with Crippen LogP contribution < -0.4 is 10.9 Å². The number of fused-ring (bicyclic) bond motifs is 1. The lowest BCUT2D eigenvalue weighted by molar-refractivity contribution is -0.121. The summed E-state index contributed by atoms with van der Waals surface area (Å²) in [6.45, 7) is 3.44. The lowest BCUT2D eigenvalue weighted by Gasteiger charge is -2.36. The molecular formula is C20H23ClF2N2O3. The highest BCUT2D eigenvalue weighted by Gasteiger charge is 2.44. The normalized spacial score (nSPS) is 21.8. The van der Waals surface area contributed by atoms with Gasteiger partial charge in [-0.3, -0.25) is 9.59 Å². The van der Waals surface area contributed by atoms with Gasteiger partial charge in [-0.1, -0.05) is 11.6 Å². The Morgan fingerprint density at radius 2 is 2.00 bits per heavy atom. The molecule has 1 heterocycles. The third-order valence-corrected chi connectivity index (χ3v) is 5.51. The summed E-state index contributed by atoms with van der Waals surface area (Å²) in [5.41, 5.74) is -1.82. The molecule has 5 nitrogen and oxygen atoms in total. The first-order valence-corrected chi connectivity index (χ1v) is 9.63. The van der Waals surface area contributed by atoms with Gasteiger partial charge in [-0.25, -0.2) is 8.78 Å². The Bertz CT molecular complexity index is 974. The lowest BCUT2D eigenvalue weighted by Crippen LogP contribution is -2.49. The van der Waals surface area contributed by atoms with Crippen molar-refractivity contribution in [2.45, 2.75) is 57.1 Å². The van der Waals surface area contributed by atoms with Crippen molar-refractivity contribution in [2.24, 2.45) is 0 Å². The molecule has 1 fully saturated rings. The molecule has 1 aromatic heterocycles. The molecule has 3 rings (SSSR count). The summed E-state index contributed by atoms with van der Waals surface area (Å²) in [6, 6.07) is 4.62. The Kier molecular flexibility index (Phi) is 5.51. The minimum Gasteiger partial charge on any atom is -0.388 e. The maximum atomic E-state index is 13.6. The van der Waals surface area contributed by atoms with E-state index in [0.717, 1.165) is 0 Å². The van der Waals surface area contributed by atoms with Crippen LogP contribution in [0.2, 0.25) is 5.02 Å². The first-order chi connectivity index (χ1) is 13.0. The van der Waals surface area contributed by atoms with Crippen LogP contribution in [0, 0.1) is 0 Å². The molecule has 0 spiro atoms. The van der Waals surface area contributed by atoms with Crippen LogP contribution in [0.15, 0.2) is 29.2 Å². The average Bonchev–Trinajstić information content (AvgIpc) is 2.58. The van der Waals surface area contributed by atoms with E-state index in [1.807, 2.05) is 13.8 Å². The van der Waals surface area contributed by atoms with Gasteiger partial charge in [0, 0.05) is 42.4 Å². The van der Waals surface area contributed by atoms with Crippen LogP contribution in [0.3, 0.4) is 0 Å². The van der Waals surface area contributed by atoms with Crippen LogP contribution in [-0.2, 0) is 0 Å². The highest BCUT2D eigenvalue weighted by Crippen LogP contribution is 2.39. The van der Waals surface area contributed by atoms with E-state index in [9.17, 15) is 23.5 Å². The van der Waals surface area contributed by atoms with E-state index in [2.05, 4.69) is 5.32 Å². The van der Waals surface area contributed by atoms with Gasteiger partial charge in [-0.05, 0) is 44.9 Å². The first kappa shape index (κ1) is 20.7. The van der Waals surface area contributed by atoms with Crippen LogP contribution in [-0.4, -0.2) is 33.6 Å². The Balaban J connectivity index is 1.90. The van der Waals surface area contributed by atoms with Gasteiger partial charge in [0.15, 0.2) is 0 Å². The van der Waals surface area contributed by atoms with Gasteiger partial charge >= 0.3 is 0 Å². The van der Waals surface area contributed by atoms with Gasteiger partial charge < -0.3 is 15.0 Å². The van der Waals surface area contributed by atoms with E-state index in [1.165, 1.54) is 6.07 Å². The number of aliphatic hydroxyl groups is 1. The van der Waals surface area contributed by atoms with Gasteiger partial charge in [-0.2, -0.15) is 0 Å². The molecule has 1 saturated carbocycles. The molecular weight excluding hydrogens is 390 g/mol. The van der Waals surface area contributed by atoms with Crippen molar-refractivity contribution in [2.75, 3.05) is 6.54 Å². The number of amides is 1. The van der Waals surface area contributed by atoms with Gasteiger partial charge in [0.05, 0.1) is 16.2 Å². The molecule has 0 aliphatic heterocycles. The van der Waals surface area contributed by atoms with Gasteiger partial charge in [0.2, 0.25) is 0 Å². The van der Waals surface area contributed by atoms with Crippen molar-refractivity contribution in [1.82, 2.24) is 9.88 Å². The fourth-order valence-corrected chi connectivity index (χ4v) is 4.02. The maximum absolute atomic E-state index is 13.6. The molecule has 0 bridgehead atoms. The largest absolute Gasteiger partial charge is 0.388 e. The summed E-state index contributed by atoms with van der Waals surface area (Å²) in [5, 5.41) is 13.8. The molecule has 2 aromatic rings. The zero-order chi connectivity index (χ0) is 20.7. The van der Waals surface area contributed by atoms with E-state index in [-0.39, 0.29) is 48.0 Å². The molecule has 2 N–H and O–H groups in total. The summed E-state index contributed by atoms with van der Waals surface area (Å²) in [6.07, 6.45) is 1.01. The third-order valence-electron chi connectivity index (χ3n) is 5.20. The summed E-state index contributed by atoms with van der Waals surface area (Å²) in [5.74, 6) is -3.56. The summed E-state index contributed by atoms with van der Waals surface area (Å²) >= 11 is 6.20. The molecule has 1 aliphatic carbocycles. The van der Waals surface area contributed by atoms with Gasteiger partial charge in [-0.15, -0.1) is 0 Å². The number of aromatic nitrogens is 1. The molecule has 0 saturated heterocycles. The molecule has 1 atom stereocenters. The number of hydrogen-bond acceptors (Lipinski definition) is 3. The molecule has 28 heavy (non-hydrogen) atoms. The SMILES string of the molecule is CC(C)n1ccc2c(C(=O)NCC3(O)CCCC(F)(F)C3)c(Cl)ccc2c1=O. The van der Waals surface area contributed by atoms with Crippen LogP contribution in [0.5, 0.6) is 0 Å². The van der Waals surface area contributed by atoms with E-state index < -0.39 is 23.9 Å². The Morgan fingerprint density at radius 1 is 1.29 bits per heavy atom. The minimum atomic E-state index is -2.95. The standard InChI is InChI=1S/C20H23ClF2N2O3/c1-12(2)25-9-6-13-14(18(25)27)4-5-15(21)16(13)17(26)24-11-19(28)7-3-8-20(22,23)10-19/h4-6,9,12,28H,3,7-8,10-11H2,1-2H3,(H,24,26). The number of rotatable bonds is 4. The molecule has 8 heteroatoms.